The molecule has 3 N–H and O–H groups in total. The van der Waals surface area contributed by atoms with Crippen molar-refractivity contribution in [2.45, 2.75) is 77.1 Å². The second-order valence-corrected chi connectivity index (χ2v) is 12.0. The Kier molecular flexibility index (Phi) is 11.3. The quantitative estimate of drug-likeness (QED) is 0.116. The van der Waals surface area contributed by atoms with E-state index in [1.165, 1.54) is 11.0 Å². The van der Waals surface area contributed by atoms with Gasteiger partial charge in [-0.15, -0.1) is 0 Å². The summed E-state index contributed by atoms with van der Waals surface area (Å²) >= 11 is 6.36. The monoisotopic (exact) mass is 601 g/mol. The molecule has 0 bridgehead atoms. The zero-order chi connectivity index (χ0) is 30.4. The van der Waals surface area contributed by atoms with E-state index in [4.69, 9.17) is 26.1 Å². The molecule has 4 atom stereocenters. The lowest BCUT2D eigenvalue weighted by molar-refractivity contribution is -0.141. The number of unbranched alkanes of at least 4 members (excludes halogenated alkanes) is 2. The Morgan fingerprint density at radius 1 is 1.17 bits per heavy atom. The average Bonchev–Trinajstić information content (AvgIpc) is 3.17. The fourth-order valence-electron chi connectivity index (χ4n) is 6.84. The topological polar surface area (TPSA) is 134 Å². The first-order valence-corrected chi connectivity index (χ1v) is 15.3. The van der Waals surface area contributed by atoms with E-state index in [2.05, 4.69) is 6.92 Å². The van der Waals surface area contributed by atoms with Crippen molar-refractivity contribution in [1.82, 2.24) is 4.90 Å². The molecule has 228 valence electrons. The number of carboxylic acid groups (broad SMARTS) is 1. The molecular weight excluding hydrogens is 561 g/mol. The highest BCUT2D eigenvalue weighted by atomic mass is 35.5. The maximum Gasteiger partial charge on any atom is 0.455 e. The summed E-state index contributed by atoms with van der Waals surface area (Å²) in [6.45, 7) is 2.70. The number of ether oxygens (including phenoxy) is 1. The zero-order valence-electron chi connectivity index (χ0n) is 24.4. The van der Waals surface area contributed by atoms with Crippen molar-refractivity contribution in [2.75, 3.05) is 20.3 Å². The predicted molar refractivity (Wildman–Crippen MR) is 160 cm³/mol. The van der Waals surface area contributed by atoms with Crippen molar-refractivity contribution in [3.8, 4) is 5.75 Å². The number of amides is 2. The number of aliphatic carboxylic acids is 1. The van der Waals surface area contributed by atoms with Gasteiger partial charge in [-0.3, -0.25) is 19.3 Å². The predicted octanol–water partition coefficient (Wildman–Crippen LogP) is 5.10. The standard InChI is InChI=1S/C31H41BClNO8/c1-3-7-19(14-20-10-11-22(35)16-25(20)33)9-12-26-28-21(18-41-2)15-23-29(24(28)17-32(40)42-26)31(39)34(30(23)38)13-6-4-5-8-27(36)37/h10-11,14,16,23-24,26,29,35,40H,3-9,12-13,15,17-18H2,1-2H3,(H,36,37)/b19-14+/t23-,24+,26-,29-/m1/s1. The van der Waals surface area contributed by atoms with Gasteiger partial charge in [0.15, 0.2) is 0 Å². The van der Waals surface area contributed by atoms with Crippen LogP contribution in [0.1, 0.15) is 70.3 Å². The largest absolute Gasteiger partial charge is 0.508 e. The van der Waals surface area contributed by atoms with Gasteiger partial charge in [0.05, 0.1) is 29.6 Å². The van der Waals surface area contributed by atoms with E-state index in [-0.39, 0.29) is 42.8 Å². The molecule has 1 aromatic carbocycles. The molecule has 0 radical (unpaired) electrons. The van der Waals surface area contributed by atoms with Crippen molar-refractivity contribution in [2.24, 2.45) is 17.8 Å². The van der Waals surface area contributed by atoms with Crippen LogP contribution in [-0.2, 0) is 23.8 Å². The van der Waals surface area contributed by atoms with Gasteiger partial charge in [0.2, 0.25) is 11.8 Å². The molecule has 4 rings (SSSR count). The molecule has 42 heavy (non-hydrogen) atoms. The first kappa shape index (κ1) is 32.3. The van der Waals surface area contributed by atoms with Crippen molar-refractivity contribution >= 4 is 42.6 Å². The number of hydrogen-bond acceptors (Lipinski definition) is 7. The first-order valence-electron chi connectivity index (χ1n) is 14.9. The Balaban J connectivity index is 1.54. The van der Waals surface area contributed by atoms with Gasteiger partial charge in [-0.05, 0) is 85.7 Å². The van der Waals surface area contributed by atoms with Gasteiger partial charge < -0.3 is 24.6 Å². The minimum atomic E-state index is -1.05. The van der Waals surface area contributed by atoms with Crippen LogP contribution in [-0.4, -0.2) is 71.4 Å². The number of carboxylic acids is 1. The Labute approximate surface area is 252 Å². The highest BCUT2D eigenvalue weighted by Gasteiger charge is 2.57. The molecule has 2 saturated heterocycles. The van der Waals surface area contributed by atoms with Crippen LogP contribution < -0.4 is 0 Å². The number of fused-ring (bicyclic) bond motifs is 3. The van der Waals surface area contributed by atoms with E-state index in [1.807, 2.05) is 6.08 Å². The summed E-state index contributed by atoms with van der Waals surface area (Å²) in [7, 11) is 0.556. The molecule has 1 aromatic rings. The Hall–Kier alpha value is -2.66. The van der Waals surface area contributed by atoms with Crippen LogP contribution in [0.15, 0.2) is 34.9 Å². The van der Waals surface area contributed by atoms with E-state index >= 15 is 0 Å². The first-order chi connectivity index (χ1) is 20.1. The molecule has 2 fully saturated rings. The number of phenolic OH excluding ortho intramolecular Hbond substituents is 1. The number of likely N-dealkylation sites (tertiary alicyclic amines) is 1. The Bertz CT molecular complexity index is 1230. The number of benzene rings is 1. The molecule has 1 aliphatic carbocycles. The van der Waals surface area contributed by atoms with Crippen molar-refractivity contribution in [1.29, 1.82) is 0 Å². The Morgan fingerprint density at radius 3 is 2.64 bits per heavy atom. The average molecular weight is 602 g/mol. The number of rotatable bonds is 14. The molecule has 3 aliphatic rings. The second-order valence-electron chi connectivity index (χ2n) is 11.6. The normalized spacial score (nSPS) is 24.3. The molecule has 0 saturated carbocycles. The van der Waals surface area contributed by atoms with E-state index in [0.29, 0.717) is 50.2 Å². The number of halogens is 1. The number of aromatic hydroxyl groups is 1. The van der Waals surface area contributed by atoms with Crippen LogP contribution in [0.25, 0.3) is 6.08 Å². The second kappa shape index (κ2) is 14.7. The van der Waals surface area contributed by atoms with Gasteiger partial charge in [-0.25, -0.2) is 0 Å². The van der Waals surface area contributed by atoms with Gasteiger partial charge >= 0.3 is 13.1 Å². The zero-order valence-corrected chi connectivity index (χ0v) is 25.1. The highest BCUT2D eigenvalue weighted by molar-refractivity contribution is 6.43. The third-order valence-electron chi connectivity index (χ3n) is 8.63. The van der Waals surface area contributed by atoms with Gasteiger partial charge in [0.25, 0.3) is 0 Å². The number of carbonyl (C=O) groups excluding carboxylic acids is 2. The summed E-state index contributed by atoms with van der Waals surface area (Å²) in [5.74, 6) is -2.50. The van der Waals surface area contributed by atoms with Crippen LogP contribution in [0.2, 0.25) is 11.3 Å². The van der Waals surface area contributed by atoms with Gasteiger partial charge in [0, 0.05) is 20.1 Å². The lowest BCUT2D eigenvalue weighted by atomic mass is 9.58. The maximum atomic E-state index is 13.7. The van der Waals surface area contributed by atoms with Crippen LogP contribution in [0.4, 0.5) is 0 Å². The molecule has 2 amide bonds. The number of phenols is 1. The fourth-order valence-corrected chi connectivity index (χ4v) is 7.07. The number of methoxy groups -OCH3 is 1. The molecule has 9 nitrogen and oxygen atoms in total. The summed E-state index contributed by atoms with van der Waals surface area (Å²) < 4.78 is 11.6. The smallest absolute Gasteiger partial charge is 0.455 e. The molecule has 0 aromatic heterocycles. The minimum Gasteiger partial charge on any atom is -0.508 e. The molecule has 11 heteroatoms. The van der Waals surface area contributed by atoms with Crippen LogP contribution >= 0.6 is 11.6 Å². The Morgan fingerprint density at radius 2 is 1.95 bits per heavy atom. The van der Waals surface area contributed by atoms with Gasteiger partial charge in [-0.1, -0.05) is 43.0 Å². The number of carbonyl (C=O) groups is 3. The van der Waals surface area contributed by atoms with Crippen LogP contribution in [0.5, 0.6) is 5.75 Å². The number of hydrogen-bond donors (Lipinski definition) is 3. The third kappa shape index (κ3) is 7.46. The van der Waals surface area contributed by atoms with Crippen molar-refractivity contribution in [3.05, 3.63) is 45.5 Å². The van der Waals surface area contributed by atoms with Gasteiger partial charge in [0.1, 0.15) is 5.75 Å². The van der Waals surface area contributed by atoms with Crippen molar-refractivity contribution in [3.63, 3.8) is 0 Å². The number of allylic oxidation sites excluding steroid dienone is 1. The lowest BCUT2D eigenvalue weighted by Crippen LogP contribution is -2.46. The number of imide groups is 1. The van der Waals surface area contributed by atoms with Crippen molar-refractivity contribution < 1.29 is 39.0 Å². The van der Waals surface area contributed by atoms with Crippen LogP contribution in [0.3, 0.4) is 0 Å². The summed E-state index contributed by atoms with van der Waals surface area (Å²) in [5.41, 5.74) is 3.92. The summed E-state index contributed by atoms with van der Waals surface area (Å²) in [6, 6.07) is 4.90. The third-order valence-corrected chi connectivity index (χ3v) is 8.96. The minimum absolute atomic E-state index is 0.0687. The lowest BCUT2D eigenvalue weighted by Gasteiger charge is -2.43. The highest BCUT2D eigenvalue weighted by Crippen LogP contribution is 2.50. The van der Waals surface area contributed by atoms with E-state index in [9.17, 15) is 24.5 Å². The molecule has 0 unspecified atom stereocenters. The SMILES string of the molecule is CCC/C(=C\c1ccc(O)cc1Cl)CC[C@H]1OB(O)C[C@H]2C1=C(COC)C[C@H]1C(=O)N(CCCCCC(=O)O)C(=O)[C@H]12. The summed E-state index contributed by atoms with van der Waals surface area (Å²) in [6.07, 6.45) is 7.08. The van der Waals surface area contributed by atoms with Crippen LogP contribution in [0, 0.1) is 17.8 Å². The van der Waals surface area contributed by atoms with Gasteiger partial charge in [-0.2, -0.15) is 0 Å². The number of nitrogens with zero attached hydrogens (tertiary/aromatic N) is 1. The molecule has 2 aliphatic heterocycles. The fraction of sp³-hybridized carbons (Fsp3) is 0.581. The summed E-state index contributed by atoms with van der Waals surface area (Å²) in [5, 5.41) is 29.9. The maximum absolute atomic E-state index is 13.7. The molecule has 0 spiro atoms. The van der Waals surface area contributed by atoms with E-state index in [0.717, 1.165) is 35.1 Å². The van der Waals surface area contributed by atoms with E-state index < -0.39 is 31.0 Å². The van der Waals surface area contributed by atoms with E-state index in [1.54, 1.807) is 19.2 Å². The summed E-state index contributed by atoms with van der Waals surface area (Å²) in [4.78, 5) is 39.3. The molecule has 2 heterocycles. The molecular formula is C31H41BClNO8.